The number of aromatic nitrogens is 3. The van der Waals surface area contributed by atoms with Gasteiger partial charge in [-0.1, -0.05) is 42.5 Å². The minimum Gasteiger partial charge on any atom is -0.367 e. The Balaban J connectivity index is 1.64. The van der Waals surface area contributed by atoms with E-state index < -0.39 is 0 Å². The number of anilines is 1. The van der Waals surface area contributed by atoms with Crippen molar-refractivity contribution >= 4 is 22.2 Å². The van der Waals surface area contributed by atoms with Crippen LogP contribution >= 0.6 is 0 Å². The van der Waals surface area contributed by atoms with Crippen molar-refractivity contribution in [2.45, 2.75) is 31.3 Å². The fraction of sp³-hybridized carbons (Fsp3) is 0.238. The van der Waals surface area contributed by atoms with Crippen LogP contribution in [0.15, 0.2) is 60.8 Å². The van der Waals surface area contributed by atoms with Gasteiger partial charge in [0, 0.05) is 29.8 Å². The lowest BCUT2D eigenvalue weighted by Crippen LogP contribution is -2.22. The van der Waals surface area contributed by atoms with Crippen molar-refractivity contribution < 1.29 is 0 Å². The predicted molar refractivity (Wildman–Crippen MR) is 105 cm³/mol. The minimum atomic E-state index is 0.292. The van der Waals surface area contributed by atoms with Crippen LogP contribution in [0, 0.1) is 0 Å². The van der Waals surface area contributed by atoms with Crippen molar-refractivity contribution in [3.8, 4) is 11.3 Å². The van der Waals surface area contributed by atoms with Crippen LogP contribution in [-0.2, 0) is 0 Å². The Hall–Kier alpha value is -2.92. The van der Waals surface area contributed by atoms with Gasteiger partial charge in [-0.3, -0.25) is 0 Å². The van der Waals surface area contributed by atoms with Crippen LogP contribution in [0.5, 0.6) is 0 Å². The molecular weight excluding hydrogens is 322 g/mol. The summed E-state index contributed by atoms with van der Waals surface area (Å²) in [6, 6.07) is 19.5. The highest BCUT2D eigenvalue weighted by atomic mass is 15.3. The van der Waals surface area contributed by atoms with E-state index in [2.05, 4.69) is 58.9 Å². The molecule has 1 fully saturated rings. The summed E-state index contributed by atoms with van der Waals surface area (Å²) in [5.41, 5.74) is 9.02. The molecule has 3 N–H and O–H groups in total. The monoisotopic (exact) mass is 343 g/mol. The Morgan fingerprint density at radius 1 is 1.04 bits per heavy atom. The second kappa shape index (κ2) is 6.11. The fourth-order valence-electron chi connectivity index (χ4n) is 3.96. The number of nitrogens with zero attached hydrogens (tertiary/aromatic N) is 3. The first-order valence-corrected chi connectivity index (χ1v) is 9.13. The average molecular weight is 343 g/mol. The molecule has 0 unspecified atom stereocenters. The summed E-state index contributed by atoms with van der Waals surface area (Å²) in [6.45, 7) is 0. The van der Waals surface area contributed by atoms with E-state index >= 15 is 0 Å². The van der Waals surface area contributed by atoms with E-state index in [1.165, 1.54) is 10.8 Å². The molecule has 0 saturated heterocycles. The zero-order valence-corrected chi connectivity index (χ0v) is 14.5. The highest BCUT2D eigenvalue weighted by Gasteiger charge is 2.22. The van der Waals surface area contributed by atoms with Crippen LogP contribution in [0.2, 0.25) is 0 Å². The first kappa shape index (κ1) is 15.3. The van der Waals surface area contributed by atoms with E-state index in [1.54, 1.807) is 6.20 Å². The molecule has 0 radical (unpaired) electrons. The molecule has 5 heteroatoms. The van der Waals surface area contributed by atoms with Crippen LogP contribution in [0.25, 0.3) is 27.7 Å². The van der Waals surface area contributed by atoms with Crippen molar-refractivity contribution in [3.63, 3.8) is 0 Å². The number of rotatable bonds is 3. The van der Waals surface area contributed by atoms with Crippen molar-refractivity contribution in [2.75, 3.05) is 5.32 Å². The summed E-state index contributed by atoms with van der Waals surface area (Å²) in [4.78, 5) is 4.84. The van der Waals surface area contributed by atoms with E-state index in [9.17, 15) is 0 Å². The maximum Gasteiger partial charge on any atom is 0.157 e. The second-order valence-electron chi connectivity index (χ2n) is 7.07. The van der Waals surface area contributed by atoms with E-state index in [0.29, 0.717) is 12.1 Å². The largest absolute Gasteiger partial charge is 0.367 e. The Labute approximate surface area is 151 Å². The molecule has 4 aromatic rings. The van der Waals surface area contributed by atoms with E-state index in [0.717, 1.165) is 42.0 Å². The smallest absolute Gasteiger partial charge is 0.157 e. The van der Waals surface area contributed by atoms with E-state index in [-0.39, 0.29) is 0 Å². The fourth-order valence-corrected chi connectivity index (χ4v) is 3.96. The Morgan fingerprint density at radius 3 is 2.81 bits per heavy atom. The molecule has 130 valence electrons. The minimum absolute atomic E-state index is 0.292. The number of nitrogens with two attached hydrogens (primary N) is 1. The molecular formula is C21H21N5. The quantitative estimate of drug-likeness (QED) is 0.593. The van der Waals surface area contributed by atoms with Crippen LogP contribution in [0.3, 0.4) is 0 Å². The van der Waals surface area contributed by atoms with E-state index in [1.807, 2.05) is 10.6 Å². The molecule has 2 aromatic carbocycles. The lowest BCUT2D eigenvalue weighted by molar-refractivity contribution is 0.684. The summed E-state index contributed by atoms with van der Waals surface area (Å²) < 4.78 is 1.87. The third kappa shape index (κ3) is 2.61. The number of hydrogen-bond donors (Lipinski definition) is 2. The number of fused-ring (bicyclic) bond motifs is 2. The summed E-state index contributed by atoms with van der Waals surface area (Å²) in [5, 5.41) is 10.5. The molecule has 1 saturated carbocycles. The molecule has 5 nitrogen and oxygen atoms in total. The Morgan fingerprint density at radius 2 is 1.92 bits per heavy atom. The summed E-state index contributed by atoms with van der Waals surface area (Å²) in [5.74, 6) is 0.974. The highest BCUT2D eigenvalue weighted by Crippen LogP contribution is 2.30. The number of benzene rings is 2. The molecule has 1 aliphatic rings. The Bertz CT molecular complexity index is 1080. The molecule has 0 aliphatic heterocycles. The predicted octanol–water partition coefficient (Wildman–Crippen LogP) is 3.84. The molecule has 2 heterocycles. The van der Waals surface area contributed by atoms with Gasteiger partial charge in [0.25, 0.3) is 0 Å². The van der Waals surface area contributed by atoms with Gasteiger partial charge < -0.3 is 11.1 Å². The molecule has 2 atom stereocenters. The molecule has 26 heavy (non-hydrogen) atoms. The van der Waals surface area contributed by atoms with Gasteiger partial charge in [0.1, 0.15) is 5.82 Å². The second-order valence-corrected chi connectivity index (χ2v) is 7.07. The summed E-state index contributed by atoms with van der Waals surface area (Å²) in [6.07, 6.45) is 4.95. The summed E-state index contributed by atoms with van der Waals surface area (Å²) in [7, 11) is 0. The highest BCUT2D eigenvalue weighted by molar-refractivity contribution is 5.96. The lowest BCUT2D eigenvalue weighted by atomic mass is 10.0. The zero-order valence-electron chi connectivity index (χ0n) is 14.5. The lowest BCUT2D eigenvalue weighted by Gasteiger charge is -2.16. The molecule has 0 bridgehead atoms. The maximum atomic E-state index is 6.08. The van der Waals surface area contributed by atoms with Crippen molar-refractivity contribution in [1.82, 2.24) is 14.6 Å². The molecule has 0 spiro atoms. The van der Waals surface area contributed by atoms with Gasteiger partial charge in [-0.2, -0.15) is 9.61 Å². The average Bonchev–Trinajstić information content (AvgIpc) is 3.30. The topological polar surface area (TPSA) is 68.2 Å². The maximum absolute atomic E-state index is 6.08. The van der Waals surface area contributed by atoms with Crippen LogP contribution in [-0.4, -0.2) is 26.7 Å². The summed E-state index contributed by atoms with van der Waals surface area (Å²) >= 11 is 0. The third-order valence-electron chi connectivity index (χ3n) is 5.25. The van der Waals surface area contributed by atoms with E-state index in [4.69, 9.17) is 10.7 Å². The van der Waals surface area contributed by atoms with Crippen LogP contribution < -0.4 is 11.1 Å². The first-order valence-electron chi connectivity index (χ1n) is 9.13. The van der Waals surface area contributed by atoms with Gasteiger partial charge in [0.2, 0.25) is 0 Å². The van der Waals surface area contributed by atoms with Gasteiger partial charge in [-0.05, 0) is 30.0 Å². The van der Waals surface area contributed by atoms with Crippen molar-refractivity contribution in [3.05, 3.63) is 60.8 Å². The van der Waals surface area contributed by atoms with Crippen LogP contribution in [0.4, 0.5) is 5.82 Å². The molecule has 5 rings (SSSR count). The normalized spacial score (nSPS) is 20.0. The zero-order chi connectivity index (χ0) is 17.5. The van der Waals surface area contributed by atoms with Gasteiger partial charge >= 0.3 is 0 Å². The van der Waals surface area contributed by atoms with Gasteiger partial charge in [-0.25, -0.2) is 4.98 Å². The molecule has 0 amide bonds. The molecule has 2 aromatic heterocycles. The third-order valence-corrected chi connectivity index (χ3v) is 5.25. The molecule has 1 aliphatic carbocycles. The van der Waals surface area contributed by atoms with Crippen LogP contribution in [0.1, 0.15) is 19.3 Å². The first-order chi connectivity index (χ1) is 12.8. The number of hydrogen-bond acceptors (Lipinski definition) is 4. The van der Waals surface area contributed by atoms with Crippen molar-refractivity contribution in [1.29, 1.82) is 0 Å². The standard InChI is InChI=1S/C21H21N5/c22-15-8-9-16(12-15)24-21-13-19(25-20-10-11-23-26(20)21)18-7-3-5-14-4-1-2-6-17(14)18/h1-7,10-11,13,15-16,24H,8-9,12,22H2/t15-,16-/m0/s1. The van der Waals surface area contributed by atoms with Gasteiger partial charge in [-0.15, -0.1) is 0 Å². The Kier molecular flexibility index (Phi) is 3.60. The van der Waals surface area contributed by atoms with Crippen molar-refractivity contribution in [2.24, 2.45) is 5.73 Å². The van der Waals surface area contributed by atoms with Gasteiger partial charge in [0.15, 0.2) is 5.65 Å². The number of nitrogens with one attached hydrogen (secondary N) is 1. The van der Waals surface area contributed by atoms with Gasteiger partial charge in [0.05, 0.1) is 11.9 Å². The SMILES string of the molecule is N[C@H]1CC[C@H](Nc2cc(-c3cccc4ccccc34)nc3ccnn23)C1.